The number of carbonyl (C=O) groups excluding carboxylic acids is 2. The summed E-state index contributed by atoms with van der Waals surface area (Å²) in [6.45, 7) is 8.01. The van der Waals surface area contributed by atoms with Gasteiger partial charge in [-0.15, -0.1) is 0 Å². The van der Waals surface area contributed by atoms with Crippen molar-refractivity contribution < 1.29 is 9.59 Å². The van der Waals surface area contributed by atoms with Crippen molar-refractivity contribution in [1.29, 1.82) is 0 Å². The van der Waals surface area contributed by atoms with Crippen molar-refractivity contribution in [3.63, 3.8) is 0 Å². The van der Waals surface area contributed by atoms with Crippen LogP contribution in [0.5, 0.6) is 0 Å². The minimum atomic E-state index is -0.508. The molecular weight excluding hydrogens is 240 g/mol. The van der Waals surface area contributed by atoms with Gasteiger partial charge in [0.25, 0.3) is 0 Å². The third kappa shape index (κ3) is 6.99. The molecule has 110 valence electrons. The van der Waals surface area contributed by atoms with Gasteiger partial charge in [-0.05, 0) is 31.6 Å². The molecule has 0 saturated carbocycles. The summed E-state index contributed by atoms with van der Waals surface area (Å²) in [6.07, 6.45) is 6.01. The zero-order chi connectivity index (χ0) is 15.0. The van der Waals surface area contributed by atoms with E-state index in [0.717, 1.165) is 6.42 Å². The summed E-state index contributed by atoms with van der Waals surface area (Å²) < 4.78 is 0. The quantitative estimate of drug-likeness (QED) is 0.687. The van der Waals surface area contributed by atoms with E-state index in [1.807, 2.05) is 26.8 Å². The van der Waals surface area contributed by atoms with Crippen LogP contribution in [0.4, 0.5) is 0 Å². The van der Waals surface area contributed by atoms with Gasteiger partial charge >= 0.3 is 0 Å². The average molecular weight is 268 g/mol. The van der Waals surface area contributed by atoms with E-state index in [0.29, 0.717) is 18.8 Å². The molecule has 0 saturated heterocycles. The number of amides is 2. The number of nitrogens with zero attached hydrogens (tertiary/aromatic N) is 1. The zero-order valence-electron chi connectivity index (χ0n) is 12.8. The van der Waals surface area contributed by atoms with Gasteiger partial charge in [-0.2, -0.15) is 0 Å². The molecule has 0 spiro atoms. The molecule has 0 rings (SSSR count). The van der Waals surface area contributed by atoms with Crippen molar-refractivity contribution in [2.45, 2.75) is 53.0 Å². The summed E-state index contributed by atoms with van der Waals surface area (Å²) in [7, 11) is 1.67. The Balaban J connectivity index is 4.63. The van der Waals surface area contributed by atoms with Gasteiger partial charge in [0.05, 0.1) is 0 Å². The van der Waals surface area contributed by atoms with E-state index in [4.69, 9.17) is 5.73 Å². The molecule has 4 heteroatoms. The molecule has 0 radical (unpaired) electrons. The van der Waals surface area contributed by atoms with Gasteiger partial charge in [0.15, 0.2) is 0 Å². The number of hydrogen-bond donors (Lipinski definition) is 1. The second-order valence-corrected chi connectivity index (χ2v) is 5.67. The predicted octanol–water partition coefficient (Wildman–Crippen LogP) is 2.34. The Kier molecular flexibility index (Phi) is 8.12. The molecule has 0 aliphatic heterocycles. The minimum Gasteiger partial charge on any atom is -0.368 e. The Morgan fingerprint density at radius 1 is 1.26 bits per heavy atom. The van der Waals surface area contributed by atoms with E-state index in [1.54, 1.807) is 7.05 Å². The van der Waals surface area contributed by atoms with Gasteiger partial charge in [-0.25, -0.2) is 0 Å². The van der Waals surface area contributed by atoms with E-state index >= 15 is 0 Å². The van der Waals surface area contributed by atoms with Crippen LogP contribution in [0.25, 0.3) is 0 Å². The maximum atomic E-state index is 12.0. The first kappa shape index (κ1) is 17.7. The number of rotatable bonds is 8. The summed E-state index contributed by atoms with van der Waals surface area (Å²) in [5.74, 6) is 0.163. The van der Waals surface area contributed by atoms with Gasteiger partial charge in [-0.3, -0.25) is 9.59 Å². The Labute approximate surface area is 117 Å². The van der Waals surface area contributed by atoms with Gasteiger partial charge in [0, 0.05) is 13.5 Å². The Hall–Kier alpha value is -1.32. The van der Waals surface area contributed by atoms with E-state index in [2.05, 4.69) is 13.0 Å². The number of carbonyl (C=O) groups is 2. The Bertz CT molecular complexity index is 324. The first-order valence-electron chi connectivity index (χ1n) is 6.95. The van der Waals surface area contributed by atoms with Crippen molar-refractivity contribution >= 4 is 11.8 Å². The lowest BCUT2D eigenvalue weighted by atomic mass is 9.96. The van der Waals surface area contributed by atoms with Gasteiger partial charge in [-0.1, -0.05) is 32.9 Å². The molecule has 0 aromatic heterocycles. The van der Waals surface area contributed by atoms with E-state index < -0.39 is 11.9 Å². The molecule has 0 bridgehead atoms. The molecule has 0 heterocycles. The topological polar surface area (TPSA) is 63.4 Å². The van der Waals surface area contributed by atoms with Crippen LogP contribution in [0.1, 0.15) is 47.0 Å². The Morgan fingerprint density at radius 3 is 2.26 bits per heavy atom. The van der Waals surface area contributed by atoms with Crippen LogP contribution in [-0.2, 0) is 9.59 Å². The monoisotopic (exact) mass is 268 g/mol. The number of likely N-dealkylation sites (N-methyl/N-ethyl adjacent to an activating group) is 1. The normalized spacial score (nSPS) is 14.6. The molecule has 19 heavy (non-hydrogen) atoms. The van der Waals surface area contributed by atoms with Gasteiger partial charge in [0.2, 0.25) is 11.8 Å². The summed E-state index contributed by atoms with van der Waals surface area (Å²) in [4.78, 5) is 25.1. The molecular formula is C15H28N2O2. The van der Waals surface area contributed by atoms with Crippen LogP contribution >= 0.6 is 0 Å². The summed E-state index contributed by atoms with van der Waals surface area (Å²) in [6, 6.07) is -0.508. The predicted molar refractivity (Wildman–Crippen MR) is 78.4 cm³/mol. The summed E-state index contributed by atoms with van der Waals surface area (Å²) in [5, 5.41) is 0. The van der Waals surface area contributed by atoms with Crippen LogP contribution in [0, 0.1) is 11.8 Å². The molecule has 2 atom stereocenters. The number of allylic oxidation sites excluding steroid dienone is 2. The van der Waals surface area contributed by atoms with Crippen molar-refractivity contribution in [2.75, 3.05) is 7.05 Å². The fourth-order valence-electron chi connectivity index (χ4n) is 1.98. The van der Waals surface area contributed by atoms with E-state index in [9.17, 15) is 9.59 Å². The average Bonchev–Trinajstić information content (AvgIpc) is 2.31. The fourth-order valence-corrected chi connectivity index (χ4v) is 1.98. The second-order valence-electron chi connectivity index (χ2n) is 5.67. The maximum absolute atomic E-state index is 12.0. The summed E-state index contributed by atoms with van der Waals surface area (Å²) in [5.41, 5.74) is 5.43. The lowest BCUT2D eigenvalue weighted by Crippen LogP contribution is -2.46. The minimum absolute atomic E-state index is 0.0166. The highest BCUT2D eigenvalue weighted by Gasteiger charge is 2.26. The van der Waals surface area contributed by atoms with Crippen LogP contribution < -0.4 is 5.73 Å². The molecule has 2 amide bonds. The van der Waals surface area contributed by atoms with Crippen LogP contribution in [-0.4, -0.2) is 29.8 Å². The molecule has 0 aromatic rings. The highest BCUT2D eigenvalue weighted by molar-refractivity contribution is 5.86. The second kappa shape index (κ2) is 8.73. The van der Waals surface area contributed by atoms with Crippen molar-refractivity contribution in [3.8, 4) is 0 Å². The smallest absolute Gasteiger partial charge is 0.240 e. The van der Waals surface area contributed by atoms with E-state index in [1.165, 1.54) is 4.90 Å². The number of hydrogen-bond acceptors (Lipinski definition) is 2. The van der Waals surface area contributed by atoms with Gasteiger partial charge in [0.1, 0.15) is 6.04 Å². The maximum Gasteiger partial charge on any atom is 0.240 e. The van der Waals surface area contributed by atoms with Crippen LogP contribution in [0.3, 0.4) is 0 Å². The molecule has 2 N–H and O–H groups in total. The highest BCUT2D eigenvalue weighted by Crippen LogP contribution is 2.16. The van der Waals surface area contributed by atoms with Crippen molar-refractivity contribution in [2.24, 2.45) is 17.6 Å². The lowest BCUT2D eigenvalue weighted by molar-refractivity contribution is -0.138. The molecule has 0 aliphatic carbocycles. The number of nitrogens with two attached hydrogens (primary N) is 1. The first-order chi connectivity index (χ1) is 8.79. The third-order valence-electron chi connectivity index (χ3n) is 3.17. The molecule has 2 unspecified atom stereocenters. The molecule has 0 fully saturated rings. The lowest BCUT2D eigenvalue weighted by Gasteiger charge is -2.28. The molecule has 4 nitrogen and oxygen atoms in total. The number of primary amides is 1. The van der Waals surface area contributed by atoms with E-state index in [-0.39, 0.29) is 11.8 Å². The summed E-state index contributed by atoms with van der Waals surface area (Å²) >= 11 is 0. The first-order valence-corrected chi connectivity index (χ1v) is 6.95. The Morgan fingerprint density at radius 2 is 1.84 bits per heavy atom. The fraction of sp³-hybridized carbons (Fsp3) is 0.733. The largest absolute Gasteiger partial charge is 0.368 e. The third-order valence-corrected chi connectivity index (χ3v) is 3.17. The molecule has 0 aliphatic rings. The van der Waals surface area contributed by atoms with Crippen molar-refractivity contribution in [3.05, 3.63) is 12.2 Å². The highest BCUT2D eigenvalue weighted by atomic mass is 16.2. The standard InChI is InChI=1S/C15H28N2O2/c1-6-7-8-12(4)10-13(15(16)19)17(5)14(18)9-11(2)3/h6-7,11-13H,8-10H2,1-5H3,(H2,16,19). The van der Waals surface area contributed by atoms with Crippen molar-refractivity contribution in [1.82, 2.24) is 4.90 Å². The SMILES string of the molecule is CC=CCC(C)CC(C(N)=O)N(C)C(=O)CC(C)C. The molecule has 0 aromatic carbocycles. The van der Waals surface area contributed by atoms with Crippen LogP contribution in [0.2, 0.25) is 0 Å². The van der Waals surface area contributed by atoms with Crippen LogP contribution in [0.15, 0.2) is 12.2 Å². The van der Waals surface area contributed by atoms with Gasteiger partial charge < -0.3 is 10.6 Å². The zero-order valence-corrected chi connectivity index (χ0v) is 12.8.